The van der Waals surface area contributed by atoms with E-state index in [0.717, 1.165) is 6.42 Å². The Bertz CT molecular complexity index is 278. The third-order valence-electron chi connectivity index (χ3n) is 2.06. The predicted octanol–water partition coefficient (Wildman–Crippen LogP) is 2.16. The van der Waals surface area contributed by atoms with E-state index in [9.17, 15) is 4.79 Å². The molecule has 0 spiro atoms. The first-order valence-electron chi connectivity index (χ1n) is 4.07. The molecule has 0 bridgehead atoms. The maximum atomic E-state index is 10.7. The van der Waals surface area contributed by atoms with Gasteiger partial charge in [0.15, 0.2) is 0 Å². The summed E-state index contributed by atoms with van der Waals surface area (Å²) < 4.78 is 1.78. The average molecular weight is 167 g/mol. The van der Waals surface area contributed by atoms with Crippen LogP contribution >= 0.6 is 0 Å². The zero-order valence-corrected chi connectivity index (χ0v) is 7.32. The van der Waals surface area contributed by atoms with Gasteiger partial charge in [-0.15, -0.1) is 0 Å². The molecule has 3 nitrogen and oxygen atoms in total. The van der Waals surface area contributed by atoms with Crippen LogP contribution < -0.4 is 0 Å². The van der Waals surface area contributed by atoms with Crippen LogP contribution in [-0.2, 0) is 0 Å². The van der Waals surface area contributed by atoms with Gasteiger partial charge in [-0.2, -0.15) is 0 Å². The Hall–Kier alpha value is -1.25. The monoisotopic (exact) mass is 167 g/mol. The van der Waals surface area contributed by atoms with Crippen molar-refractivity contribution in [2.24, 2.45) is 0 Å². The topological polar surface area (TPSA) is 42.2 Å². The van der Waals surface area contributed by atoms with E-state index in [-0.39, 0.29) is 6.04 Å². The lowest BCUT2D eigenvalue weighted by Gasteiger charge is -2.12. The van der Waals surface area contributed by atoms with Gasteiger partial charge in [0.05, 0.1) is 0 Å². The van der Waals surface area contributed by atoms with E-state index in [1.54, 1.807) is 22.9 Å². The van der Waals surface area contributed by atoms with Crippen LogP contribution in [0.5, 0.6) is 0 Å². The molecule has 12 heavy (non-hydrogen) atoms. The van der Waals surface area contributed by atoms with Crippen LogP contribution in [0.3, 0.4) is 0 Å². The summed E-state index contributed by atoms with van der Waals surface area (Å²) in [4.78, 5) is 10.7. The maximum Gasteiger partial charge on any atom is 0.352 e. The first-order chi connectivity index (χ1) is 5.66. The molecule has 0 amide bonds. The second-order valence-corrected chi connectivity index (χ2v) is 2.86. The summed E-state index contributed by atoms with van der Waals surface area (Å²) in [6.07, 6.45) is 2.74. The van der Waals surface area contributed by atoms with Crippen molar-refractivity contribution in [1.82, 2.24) is 4.57 Å². The lowest BCUT2D eigenvalue weighted by atomic mass is 10.2. The minimum atomic E-state index is -0.861. The minimum absolute atomic E-state index is 0.256. The Morgan fingerprint density at radius 3 is 2.92 bits per heavy atom. The molecule has 0 radical (unpaired) electrons. The van der Waals surface area contributed by atoms with Gasteiger partial charge in [0.2, 0.25) is 0 Å². The van der Waals surface area contributed by atoms with Gasteiger partial charge in [-0.25, -0.2) is 4.79 Å². The van der Waals surface area contributed by atoms with Gasteiger partial charge < -0.3 is 9.67 Å². The number of rotatable bonds is 3. The number of nitrogens with zero attached hydrogens (tertiary/aromatic N) is 1. The Balaban J connectivity index is 2.98. The van der Waals surface area contributed by atoms with Crippen molar-refractivity contribution in [1.29, 1.82) is 0 Å². The van der Waals surface area contributed by atoms with E-state index >= 15 is 0 Å². The molecule has 0 aromatic carbocycles. The number of hydrogen-bond acceptors (Lipinski definition) is 1. The Morgan fingerprint density at radius 1 is 1.75 bits per heavy atom. The molecule has 1 atom stereocenters. The van der Waals surface area contributed by atoms with Crippen LogP contribution in [0.1, 0.15) is 36.8 Å². The van der Waals surface area contributed by atoms with Crippen molar-refractivity contribution >= 4 is 5.97 Å². The number of aromatic carboxylic acids is 1. The summed E-state index contributed by atoms with van der Waals surface area (Å²) in [7, 11) is 0. The van der Waals surface area contributed by atoms with Crippen molar-refractivity contribution in [3.8, 4) is 0 Å². The number of carboxylic acid groups (broad SMARTS) is 1. The molecule has 1 N–H and O–H groups in total. The summed E-state index contributed by atoms with van der Waals surface area (Å²) >= 11 is 0. The lowest BCUT2D eigenvalue weighted by molar-refractivity contribution is 0.0683. The highest BCUT2D eigenvalue weighted by molar-refractivity contribution is 5.85. The first kappa shape index (κ1) is 8.84. The highest BCUT2D eigenvalue weighted by Crippen LogP contribution is 2.14. The highest BCUT2D eigenvalue weighted by Gasteiger charge is 2.11. The van der Waals surface area contributed by atoms with E-state index in [2.05, 4.69) is 0 Å². The van der Waals surface area contributed by atoms with E-state index in [0.29, 0.717) is 5.69 Å². The standard InChI is InChI=1S/C9H13NO2/c1-3-7(2)10-6-4-5-8(10)9(11)12/h4-7H,3H2,1-2H3,(H,11,12)/t7-/m1/s1. The van der Waals surface area contributed by atoms with Gasteiger partial charge in [0.25, 0.3) is 0 Å². The van der Waals surface area contributed by atoms with Gasteiger partial charge in [-0.05, 0) is 25.5 Å². The van der Waals surface area contributed by atoms with E-state index in [4.69, 9.17) is 5.11 Å². The van der Waals surface area contributed by atoms with Crippen LogP contribution in [0.4, 0.5) is 0 Å². The second-order valence-electron chi connectivity index (χ2n) is 2.86. The van der Waals surface area contributed by atoms with Crippen molar-refractivity contribution in [3.63, 3.8) is 0 Å². The molecule has 66 valence electrons. The molecule has 0 aliphatic carbocycles. The summed E-state index contributed by atoms with van der Waals surface area (Å²) in [6, 6.07) is 3.63. The molecule has 1 heterocycles. The molecule has 1 rings (SSSR count). The Labute approximate surface area is 71.6 Å². The van der Waals surface area contributed by atoms with Crippen molar-refractivity contribution in [3.05, 3.63) is 24.0 Å². The average Bonchev–Trinajstić information content (AvgIpc) is 2.50. The molecule has 0 saturated carbocycles. The van der Waals surface area contributed by atoms with Gasteiger partial charge in [0.1, 0.15) is 5.69 Å². The summed E-state index contributed by atoms with van der Waals surface area (Å²) in [5.74, 6) is -0.861. The largest absolute Gasteiger partial charge is 0.477 e. The molecule has 0 saturated heterocycles. The van der Waals surface area contributed by atoms with Crippen molar-refractivity contribution < 1.29 is 9.90 Å². The Morgan fingerprint density at radius 2 is 2.42 bits per heavy atom. The van der Waals surface area contributed by atoms with Crippen molar-refractivity contribution in [2.45, 2.75) is 26.3 Å². The lowest BCUT2D eigenvalue weighted by Crippen LogP contribution is -2.10. The fourth-order valence-electron chi connectivity index (χ4n) is 1.16. The smallest absolute Gasteiger partial charge is 0.352 e. The molecule has 3 heteroatoms. The molecule has 1 aromatic heterocycles. The number of carboxylic acids is 1. The summed E-state index contributed by atoms with van der Waals surface area (Å²) in [5, 5.41) is 8.78. The first-order valence-corrected chi connectivity index (χ1v) is 4.07. The molecule has 1 aromatic rings. The fraction of sp³-hybridized carbons (Fsp3) is 0.444. The normalized spacial score (nSPS) is 12.8. The highest BCUT2D eigenvalue weighted by atomic mass is 16.4. The predicted molar refractivity (Wildman–Crippen MR) is 46.4 cm³/mol. The minimum Gasteiger partial charge on any atom is -0.477 e. The zero-order valence-electron chi connectivity index (χ0n) is 7.32. The van der Waals surface area contributed by atoms with E-state index < -0.39 is 5.97 Å². The third kappa shape index (κ3) is 1.49. The van der Waals surface area contributed by atoms with E-state index in [1.807, 2.05) is 13.8 Å². The van der Waals surface area contributed by atoms with Crippen molar-refractivity contribution in [2.75, 3.05) is 0 Å². The van der Waals surface area contributed by atoms with Gasteiger partial charge in [-0.1, -0.05) is 6.92 Å². The molecular formula is C9H13NO2. The van der Waals surface area contributed by atoms with Gasteiger partial charge in [-0.3, -0.25) is 0 Å². The Kier molecular flexibility index (Phi) is 2.53. The quantitative estimate of drug-likeness (QED) is 0.749. The van der Waals surface area contributed by atoms with Gasteiger partial charge in [0, 0.05) is 12.2 Å². The fourth-order valence-corrected chi connectivity index (χ4v) is 1.16. The van der Waals surface area contributed by atoms with Gasteiger partial charge >= 0.3 is 5.97 Å². The van der Waals surface area contributed by atoms with Crippen LogP contribution in [-0.4, -0.2) is 15.6 Å². The zero-order chi connectivity index (χ0) is 9.14. The van der Waals surface area contributed by atoms with Crippen LogP contribution in [0, 0.1) is 0 Å². The molecule has 0 aliphatic heterocycles. The number of hydrogen-bond donors (Lipinski definition) is 1. The van der Waals surface area contributed by atoms with Crippen LogP contribution in [0.25, 0.3) is 0 Å². The molecule has 0 unspecified atom stereocenters. The SMILES string of the molecule is CC[C@@H](C)n1cccc1C(=O)O. The van der Waals surface area contributed by atoms with Crippen LogP contribution in [0.15, 0.2) is 18.3 Å². The summed E-state index contributed by atoms with van der Waals surface area (Å²) in [5.41, 5.74) is 0.365. The number of carbonyl (C=O) groups is 1. The maximum absolute atomic E-state index is 10.7. The van der Waals surface area contributed by atoms with E-state index in [1.165, 1.54) is 0 Å². The third-order valence-corrected chi connectivity index (χ3v) is 2.06. The summed E-state index contributed by atoms with van der Waals surface area (Å²) in [6.45, 7) is 4.04. The molecule has 0 aliphatic rings. The number of aromatic nitrogens is 1. The molecule has 0 fully saturated rings. The second kappa shape index (κ2) is 3.43. The molecular weight excluding hydrogens is 154 g/mol. The van der Waals surface area contributed by atoms with Crippen LogP contribution in [0.2, 0.25) is 0 Å².